The first-order valence-electron chi connectivity index (χ1n) is 12.1. The molecule has 5 rings (SSSR count). The van der Waals surface area contributed by atoms with Crippen LogP contribution >= 0.6 is 11.6 Å². The van der Waals surface area contributed by atoms with Gasteiger partial charge in [0, 0.05) is 30.1 Å². The van der Waals surface area contributed by atoms with Crippen LogP contribution < -0.4 is 0 Å². The molecule has 1 aliphatic carbocycles. The van der Waals surface area contributed by atoms with Crippen LogP contribution in [0.25, 0.3) is 22.4 Å². The minimum absolute atomic E-state index is 0.0355. The van der Waals surface area contributed by atoms with Crippen LogP contribution in [0.15, 0.2) is 42.7 Å². The van der Waals surface area contributed by atoms with Crippen LogP contribution in [0.4, 0.5) is 4.39 Å². The number of benzene rings is 1. The van der Waals surface area contributed by atoms with E-state index in [0.29, 0.717) is 57.2 Å². The average molecular weight is 505 g/mol. The number of hydrogen-bond acceptors (Lipinski definition) is 6. The fraction of sp³-hybridized carbons (Fsp3) is 0.370. The van der Waals surface area contributed by atoms with Crippen molar-refractivity contribution in [1.82, 2.24) is 24.5 Å². The van der Waals surface area contributed by atoms with Crippen molar-refractivity contribution in [3.63, 3.8) is 0 Å². The van der Waals surface area contributed by atoms with Gasteiger partial charge in [-0.05, 0) is 36.8 Å². The van der Waals surface area contributed by atoms with Crippen molar-refractivity contribution >= 4 is 22.8 Å². The lowest BCUT2D eigenvalue weighted by molar-refractivity contribution is 0.253. The second-order valence-corrected chi connectivity index (χ2v) is 9.97. The molecule has 9 heteroatoms. The number of imidazole rings is 1. The lowest BCUT2D eigenvalue weighted by Gasteiger charge is -2.28. The summed E-state index contributed by atoms with van der Waals surface area (Å²) in [5.74, 6) is 0.420. The molecule has 1 N–H and O–H groups in total. The van der Waals surface area contributed by atoms with E-state index in [1.54, 1.807) is 30.5 Å². The van der Waals surface area contributed by atoms with Gasteiger partial charge in [0.1, 0.15) is 28.9 Å². The van der Waals surface area contributed by atoms with Gasteiger partial charge in [0.15, 0.2) is 5.65 Å². The van der Waals surface area contributed by atoms with Crippen LogP contribution in [0.2, 0.25) is 5.02 Å². The second kappa shape index (κ2) is 10.3. The first kappa shape index (κ1) is 24.3. The Kier molecular flexibility index (Phi) is 6.95. The molecule has 0 bridgehead atoms. The summed E-state index contributed by atoms with van der Waals surface area (Å²) in [5, 5.41) is 20.5. The van der Waals surface area contributed by atoms with Crippen molar-refractivity contribution in [1.29, 1.82) is 5.26 Å². The fourth-order valence-electron chi connectivity index (χ4n) is 5.14. The third kappa shape index (κ3) is 4.69. The van der Waals surface area contributed by atoms with Crippen LogP contribution in [0.1, 0.15) is 55.7 Å². The van der Waals surface area contributed by atoms with Crippen LogP contribution in [-0.4, -0.2) is 36.2 Å². The SMILES string of the molecule is CC1CCC(Cn2c(C(CO)c3ccccc3F)nc3nc(C#N)nc(-c4cncc(Cl)c4)c32)CC1. The van der Waals surface area contributed by atoms with Gasteiger partial charge in [-0.3, -0.25) is 4.98 Å². The summed E-state index contributed by atoms with van der Waals surface area (Å²) in [6.45, 7) is 2.56. The molecule has 0 saturated heterocycles. The van der Waals surface area contributed by atoms with Gasteiger partial charge in [0.25, 0.3) is 0 Å². The summed E-state index contributed by atoms with van der Waals surface area (Å²) >= 11 is 6.24. The molecule has 7 nitrogen and oxygen atoms in total. The van der Waals surface area contributed by atoms with E-state index in [2.05, 4.69) is 21.9 Å². The maximum Gasteiger partial charge on any atom is 0.234 e. The molecular formula is C27H26ClFN6O. The van der Waals surface area contributed by atoms with Crippen LogP contribution in [0.5, 0.6) is 0 Å². The molecule has 0 amide bonds. The lowest BCUT2D eigenvalue weighted by Crippen LogP contribution is -2.22. The van der Waals surface area contributed by atoms with Gasteiger partial charge in [-0.2, -0.15) is 10.2 Å². The molecule has 3 aromatic heterocycles. The van der Waals surface area contributed by atoms with Crippen LogP contribution in [0, 0.1) is 29.0 Å². The summed E-state index contributed by atoms with van der Waals surface area (Å²) in [5.41, 5.74) is 2.42. The van der Waals surface area contributed by atoms with E-state index >= 15 is 0 Å². The molecule has 4 aromatic rings. The van der Waals surface area contributed by atoms with Crippen LogP contribution in [0.3, 0.4) is 0 Å². The number of hydrogen-bond donors (Lipinski definition) is 1. The minimum atomic E-state index is -0.709. The molecule has 1 aliphatic rings. The number of nitriles is 1. The smallest absolute Gasteiger partial charge is 0.234 e. The molecule has 0 radical (unpaired) electrons. The molecule has 0 aliphatic heterocycles. The number of aliphatic hydroxyl groups is 1. The van der Waals surface area contributed by atoms with Gasteiger partial charge in [0.05, 0.1) is 17.5 Å². The van der Waals surface area contributed by atoms with Crippen molar-refractivity contribution in [3.8, 4) is 17.3 Å². The molecule has 3 heterocycles. The highest BCUT2D eigenvalue weighted by Gasteiger charge is 2.29. The summed E-state index contributed by atoms with van der Waals surface area (Å²) in [7, 11) is 0. The predicted molar refractivity (Wildman–Crippen MR) is 135 cm³/mol. The van der Waals surface area contributed by atoms with Crippen molar-refractivity contribution in [2.45, 2.75) is 45.1 Å². The molecule has 1 unspecified atom stereocenters. The number of fused-ring (bicyclic) bond motifs is 1. The summed E-state index contributed by atoms with van der Waals surface area (Å²) in [4.78, 5) is 17.9. The molecule has 1 aromatic carbocycles. The van der Waals surface area contributed by atoms with E-state index < -0.39 is 11.7 Å². The van der Waals surface area contributed by atoms with E-state index in [9.17, 15) is 14.8 Å². The molecule has 1 saturated carbocycles. The topological polar surface area (TPSA) is 101 Å². The third-order valence-electron chi connectivity index (χ3n) is 7.06. The quantitative estimate of drug-likeness (QED) is 0.372. The monoisotopic (exact) mass is 504 g/mol. The van der Waals surface area contributed by atoms with Crippen LogP contribution in [-0.2, 0) is 6.54 Å². The first-order chi connectivity index (χ1) is 17.5. The summed E-state index contributed by atoms with van der Waals surface area (Å²) < 4.78 is 16.9. The Morgan fingerprint density at radius 2 is 1.94 bits per heavy atom. The van der Waals surface area contributed by atoms with E-state index in [0.717, 1.165) is 25.7 Å². The summed E-state index contributed by atoms with van der Waals surface area (Å²) in [6, 6.07) is 10.1. The minimum Gasteiger partial charge on any atom is -0.395 e. The van der Waals surface area contributed by atoms with Gasteiger partial charge in [-0.25, -0.2) is 14.4 Å². The number of pyridine rings is 1. The Labute approximate surface area is 213 Å². The van der Waals surface area contributed by atoms with E-state index in [-0.39, 0.29) is 12.4 Å². The average Bonchev–Trinajstić information content (AvgIpc) is 3.24. The Morgan fingerprint density at radius 3 is 2.64 bits per heavy atom. The predicted octanol–water partition coefficient (Wildman–Crippen LogP) is 5.50. The molecule has 0 spiro atoms. The zero-order valence-electron chi connectivity index (χ0n) is 19.9. The van der Waals surface area contributed by atoms with E-state index in [4.69, 9.17) is 16.6 Å². The highest BCUT2D eigenvalue weighted by molar-refractivity contribution is 6.30. The van der Waals surface area contributed by atoms with Gasteiger partial charge < -0.3 is 9.67 Å². The maximum absolute atomic E-state index is 14.9. The Bertz CT molecular complexity index is 1440. The molecule has 184 valence electrons. The third-order valence-corrected chi connectivity index (χ3v) is 7.27. The lowest BCUT2D eigenvalue weighted by atomic mass is 9.83. The van der Waals surface area contributed by atoms with Crippen molar-refractivity contribution in [2.24, 2.45) is 11.8 Å². The molecule has 36 heavy (non-hydrogen) atoms. The normalized spacial score (nSPS) is 18.8. The van der Waals surface area contributed by atoms with Gasteiger partial charge in [0.2, 0.25) is 5.82 Å². The number of halogens is 2. The fourth-order valence-corrected chi connectivity index (χ4v) is 5.32. The van der Waals surface area contributed by atoms with Crippen molar-refractivity contribution < 1.29 is 9.50 Å². The number of aliphatic hydroxyl groups excluding tert-OH is 1. The Balaban J connectivity index is 1.76. The Morgan fingerprint density at radius 1 is 1.17 bits per heavy atom. The summed E-state index contributed by atoms with van der Waals surface area (Å²) in [6.07, 6.45) is 7.58. The maximum atomic E-state index is 14.9. The van der Waals surface area contributed by atoms with Gasteiger partial charge >= 0.3 is 0 Å². The first-order valence-corrected chi connectivity index (χ1v) is 12.5. The highest BCUT2D eigenvalue weighted by atomic mass is 35.5. The molecule has 1 atom stereocenters. The zero-order chi connectivity index (χ0) is 25.2. The van der Waals surface area contributed by atoms with Crippen molar-refractivity contribution in [2.75, 3.05) is 6.61 Å². The molecular weight excluding hydrogens is 479 g/mol. The zero-order valence-corrected chi connectivity index (χ0v) is 20.7. The number of nitrogens with zero attached hydrogens (tertiary/aromatic N) is 6. The molecule has 1 fully saturated rings. The Hall–Kier alpha value is -3.41. The van der Waals surface area contributed by atoms with E-state index in [1.807, 2.05) is 10.6 Å². The standard InChI is InChI=1S/C27H26ClFN6O/c1-16-6-8-17(9-7-16)14-35-25-24(18-10-19(28)13-31-12-18)32-23(11-30)33-26(25)34-27(35)21(15-36)20-4-2-3-5-22(20)29/h2-5,10,12-13,16-17,21,36H,6-9,14-15H2,1H3. The van der Waals surface area contributed by atoms with E-state index in [1.165, 1.54) is 12.3 Å². The number of rotatable bonds is 6. The van der Waals surface area contributed by atoms with Crippen molar-refractivity contribution in [3.05, 3.63) is 70.8 Å². The number of aromatic nitrogens is 5. The largest absolute Gasteiger partial charge is 0.395 e. The van der Waals surface area contributed by atoms with Gasteiger partial charge in [-0.15, -0.1) is 0 Å². The van der Waals surface area contributed by atoms with Gasteiger partial charge in [-0.1, -0.05) is 49.6 Å². The highest BCUT2D eigenvalue weighted by Crippen LogP contribution is 2.36. The second-order valence-electron chi connectivity index (χ2n) is 9.53.